The minimum Gasteiger partial charge on any atom is -0.462 e. The maximum atomic E-state index is 14.6. The number of carbonyl (C=O) groups is 4. The zero-order valence-corrected chi connectivity index (χ0v) is 30.7. The zero-order valence-electron chi connectivity index (χ0n) is 29.0. The highest BCUT2D eigenvalue weighted by Gasteiger charge is 2.30. The third-order valence-corrected chi connectivity index (χ3v) is 11.0. The van der Waals surface area contributed by atoms with E-state index in [4.69, 9.17) is 4.74 Å². The summed E-state index contributed by atoms with van der Waals surface area (Å²) in [7, 11) is 0. The van der Waals surface area contributed by atoms with E-state index in [0.29, 0.717) is 26.7 Å². The number of ether oxygens (including phenoxy) is 1. The Bertz CT molecular complexity index is 2140. The van der Waals surface area contributed by atoms with E-state index in [2.05, 4.69) is 16.0 Å². The van der Waals surface area contributed by atoms with Gasteiger partial charge in [0.05, 0.1) is 12.2 Å². The Labute approximate surface area is 315 Å². The molecule has 0 saturated carbocycles. The second-order valence-electron chi connectivity index (χ2n) is 12.3. The van der Waals surface area contributed by atoms with Crippen molar-refractivity contribution in [3.8, 4) is 0 Å². The molecule has 4 aromatic carbocycles. The predicted octanol–water partition coefficient (Wildman–Crippen LogP) is 9.21. The molecule has 5 aromatic rings. The molecule has 0 fully saturated rings. The molecule has 0 radical (unpaired) electrons. The first-order valence-corrected chi connectivity index (χ1v) is 19.1. The molecule has 1 aliphatic rings. The van der Waals surface area contributed by atoms with Crippen LogP contribution in [0.5, 0.6) is 0 Å². The summed E-state index contributed by atoms with van der Waals surface area (Å²) in [6, 6.07) is 30.7. The first kappa shape index (κ1) is 37.2. The molecule has 270 valence electrons. The molecule has 3 amide bonds. The van der Waals surface area contributed by atoms with Gasteiger partial charge in [-0.3, -0.25) is 14.4 Å². The SMILES string of the molecule is CCOC(=O)c1c(NC(=O)C(Sc2cccc(NC(=O)/C(=C/c3ccccc3F)NC(=O)c3ccccc3)c2)c2ccccc2)sc2c1CCCCC2. The molecule has 8 nitrogen and oxygen atoms in total. The number of thiophene rings is 1. The Hall–Kier alpha value is -5.52. The Morgan fingerprint density at radius 1 is 0.849 bits per heavy atom. The number of benzene rings is 4. The Balaban J connectivity index is 1.25. The average Bonchev–Trinajstić information content (AvgIpc) is 3.34. The topological polar surface area (TPSA) is 114 Å². The number of rotatable bonds is 12. The van der Waals surface area contributed by atoms with Crippen molar-refractivity contribution in [2.75, 3.05) is 17.2 Å². The highest BCUT2D eigenvalue weighted by molar-refractivity contribution is 8.00. The number of halogens is 1. The molecule has 11 heteroatoms. The van der Waals surface area contributed by atoms with E-state index >= 15 is 0 Å². The van der Waals surface area contributed by atoms with Gasteiger partial charge in [-0.25, -0.2) is 9.18 Å². The van der Waals surface area contributed by atoms with Gasteiger partial charge in [0.15, 0.2) is 0 Å². The van der Waals surface area contributed by atoms with Crippen molar-refractivity contribution in [3.63, 3.8) is 0 Å². The summed E-state index contributed by atoms with van der Waals surface area (Å²) in [5, 5.41) is 8.30. The van der Waals surface area contributed by atoms with Gasteiger partial charge in [0.1, 0.15) is 21.8 Å². The molecule has 0 bridgehead atoms. The Morgan fingerprint density at radius 2 is 1.57 bits per heavy atom. The van der Waals surface area contributed by atoms with Crippen LogP contribution in [0.4, 0.5) is 15.1 Å². The van der Waals surface area contributed by atoms with Crippen LogP contribution in [0.3, 0.4) is 0 Å². The number of amides is 3. The smallest absolute Gasteiger partial charge is 0.341 e. The second kappa shape index (κ2) is 17.8. The van der Waals surface area contributed by atoms with Crippen LogP contribution in [0, 0.1) is 5.82 Å². The molecule has 6 rings (SSSR count). The van der Waals surface area contributed by atoms with Crippen molar-refractivity contribution in [2.24, 2.45) is 0 Å². The van der Waals surface area contributed by atoms with Gasteiger partial charge in [-0.1, -0.05) is 79.2 Å². The van der Waals surface area contributed by atoms with E-state index in [1.807, 2.05) is 36.4 Å². The molecular formula is C42H38FN3O5S2. The molecule has 0 aliphatic heterocycles. The molecule has 1 unspecified atom stereocenters. The van der Waals surface area contributed by atoms with Crippen molar-refractivity contribution in [1.82, 2.24) is 5.32 Å². The van der Waals surface area contributed by atoms with Crippen LogP contribution in [0.2, 0.25) is 0 Å². The summed E-state index contributed by atoms with van der Waals surface area (Å²) >= 11 is 2.73. The van der Waals surface area contributed by atoms with E-state index in [9.17, 15) is 23.6 Å². The zero-order chi connectivity index (χ0) is 37.2. The fourth-order valence-electron chi connectivity index (χ4n) is 6.00. The highest BCUT2D eigenvalue weighted by atomic mass is 32.2. The number of nitrogens with one attached hydrogen (secondary N) is 3. The van der Waals surface area contributed by atoms with Gasteiger partial charge in [0, 0.05) is 26.6 Å². The number of hydrogen-bond acceptors (Lipinski definition) is 7. The fraction of sp³-hybridized carbons (Fsp3) is 0.190. The number of aryl methyl sites for hydroxylation is 1. The number of thioether (sulfide) groups is 1. The molecule has 1 heterocycles. The van der Waals surface area contributed by atoms with Crippen LogP contribution in [-0.2, 0) is 27.2 Å². The maximum Gasteiger partial charge on any atom is 0.341 e. The van der Waals surface area contributed by atoms with Gasteiger partial charge in [-0.2, -0.15) is 0 Å². The third-order valence-electron chi connectivity index (χ3n) is 8.56. The van der Waals surface area contributed by atoms with E-state index in [1.165, 1.54) is 47.4 Å². The quantitative estimate of drug-likeness (QED) is 0.0508. The summed E-state index contributed by atoms with van der Waals surface area (Å²) in [6.45, 7) is 1.99. The minimum atomic E-state index is -0.722. The van der Waals surface area contributed by atoms with Gasteiger partial charge in [-0.05, 0) is 86.2 Å². The predicted molar refractivity (Wildman–Crippen MR) is 209 cm³/mol. The molecular weight excluding hydrogens is 710 g/mol. The number of carbonyl (C=O) groups excluding carboxylic acids is 4. The first-order valence-electron chi connectivity index (χ1n) is 17.4. The number of esters is 1. The monoisotopic (exact) mass is 747 g/mol. The van der Waals surface area contributed by atoms with E-state index in [1.54, 1.807) is 61.5 Å². The van der Waals surface area contributed by atoms with Crippen molar-refractivity contribution < 1.29 is 28.3 Å². The summed E-state index contributed by atoms with van der Waals surface area (Å²) < 4.78 is 20.1. The van der Waals surface area contributed by atoms with Gasteiger partial charge < -0.3 is 20.7 Å². The molecule has 53 heavy (non-hydrogen) atoms. The normalized spacial score (nSPS) is 13.2. The first-order chi connectivity index (χ1) is 25.8. The lowest BCUT2D eigenvalue weighted by Gasteiger charge is -2.18. The summed E-state index contributed by atoms with van der Waals surface area (Å²) in [6.07, 6.45) is 5.98. The molecule has 0 spiro atoms. The van der Waals surface area contributed by atoms with Crippen LogP contribution >= 0.6 is 23.1 Å². The molecule has 0 saturated heterocycles. The van der Waals surface area contributed by atoms with Crippen molar-refractivity contribution in [1.29, 1.82) is 0 Å². The van der Waals surface area contributed by atoms with Gasteiger partial charge in [-0.15, -0.1) is 23.1 Å². The molecule has 1 aliphatic carbocycles. The molecule has 3 N–H and O–H groups in total. The number of anilines is 2. The lowest BCUT2D eigenvalue weighted by molar-refractivity contribution is -0.116. The average molecular weight is 748 g/mol. The third kappa shape index (κ3) is 9.48. The van der Waals surface area contributed by atoms with Crippen molar-refractivity contribution >= 4 is 63.6 Å². The largest absolute Gasteiger partial charge is 0.462 e. The second-order valence-corrected chi connectivity index (χ2v) is 14.6. The lowest BCUT2D eigenvalue weighted by atomic mass is 10.1. The molecule has 1 aromatic heterocycles. The van der Waals surface area contributed by atoms with Crippen LogP contribution in [0.1, 0.15) is 73.7 Å². The molecule has 1 atom stereocenters. The fourth-order valence-corrected chi connectivity index (χ4v) is 8.36. The van der Waals surface area contributed by atoms with E-state index < -0.39 is 28.9 Å². The van der Waals surface area contributed by atoms with E-state index in [0.717, 1.165) is 48.1 Å². The van der Waals surface area contributed by atoms with Gasteiger partial charge in [0.25, 0.3) is 11.8 Å². The standard InChI is InChI=1S/C42H38FN3O5S2/c1-2-51-42(50)36-32-22-10-5-11-24-35(32)53-41(36)46-40(49)37(27-15-6-3-7-16-27)52-31-21-14-20-30(26-31)44-39(48)34(25-29-19-12-13-23-33(29)43)45-38(47)28-17-8-4-9-18-28/h3-4,6-9,12-21,23,25-26,37H,2,5,10-11,22,24H2,1H3,(H,44,48)(H,45,47)(H,46,49)/b34-25-. The summed E-state index contributed by atoms with van der Waals surface area (Å²) in [5.41, 5.74) is 2.86. The van der Waals surface area contributed by atoms with Crippen molar-refractivity contribution in [3.05, 3.63) is 153 Å². The lowest BCUT2D eigenvalue weighted by Crippen LogP contribution is -2.30. The number of fused-ring (bicyclic) bond motifs is 1. The van der Waals surface area contributed by atoms with Gasteiger partial charge >= 0.3 is 5.97 Å². The van der Waals surface area contributed by atoms with E-state index in [-0.39, 0.29) is 23.8 Å². The van der Waals surface area contributed by atoms with Crippen molar-refractivity contribution in [2.45, 2.75) is 49.2 Å². The summed E-state index contributed by atoms with van der Waals surface area (Å²) in [4.78, 5) is 55.9. The van der Waals surface area contributed by atoms with Gasteiger partial charge in [0.2, 0.25) is 5.91 Å². The van der Waals surface area contributed by atoms with Crippen LogP contribution < -0.4 is 16.0 Å². The Morgan fingerprint density at radius 3 is 2.32 bits per heavy atom. The minimum absolute atomic E-state index is 0.125. The van der Waals surface area contributed by atoms with Crippen LogP contribution in [0.25, 0.3) is 6.08 Å². The highest BCUT2D eigenvalue weighted by Crippen LogP contribution is 2.41. The van der Waals surface area contributed by atoms with Crippen LogP contribution in [0.15, 0.2) is 120 Å². The Kier molecular flexibility index (Phi) is 12.5. The van der Waals surface area contributed by atoms with Crippen LogP contribution in [-0.4, -0.2) is 30.3 Å². The summed E-state index contributed by atoms with van der Waals surface area (Å²) in [5.74, 6) is -2.49. The maximum absolute atomic E-state index is 14.6. The number of hydrogen-bond donors (Lipinski definition) is 3.